The first kappa shape index (κ1) is 13.0. The molecule has 18 heavy (non-hydrogen) atoms. The number of carboxylic acids is 1. The van der Waals surface area contributed by atoms with Gasteiger partial charge in [0.15, 0.2) is 0 Å². The van der Waals surface area contributed by atoms with Crippen LogP contribution in [0.2, 0.25) is 0 Å². The molecule has 2 fully saturated rings. The second-order valence-electron chi connectivity index (χ2n) is 5.06. The summed E-state index contributed by atoms with van der Waals surface area (Å²) < 4.78 is 4.85. The summed E-state index contributed by atoms with van der Waals surface area (Å²) in [6.45, 7) is 1.89. The van der Waals surface area contributed by atoms with Crippen molar-refractivity contribution < 1.29 is 24.2 Å². The van der Waals surface area contributed by atoms with Crippen LogP contribution in [-0.2, 0) is 19.1 Å². The van der Waals surface area contributed by atoms with Crippen LogP contribution in [0.15, 0.2) is 0 Å². The highest BCUT2D eigenvalue weighted by molar-refractivity contribution is 6.05. The molecule has 1 N–H and O–H groups in total. The number of hydrogen-bond acceptors (Lipinski definition) is 4. The van der Waals surface area contributed by atoms with E-state index in [2.05, 4.69) is 6.92 Å². The van der Waals surface area contributed by atoms with Crippen molar-refractivity contribution >= 4 is 17.8 Å². The molecule has 6 nitrogen and oxygen atoms in total. The van der Waals surface area contributed by atoms with Gasteiger partial charge in [0.1, 0.15) is 6.61 Å². The molecule has 0 aromatic rings. The van der Waals surface area contributed by atoms with E-state index < -0.39 is 12.6 Å². The first-order valence-corrected chi connectivity index (χ1v) is 6.15. The smallest absolute Gasteiger partial charge is 0.329 e. The number of imide groups is 1. The summed E-state index contributed by atoms with van der Waals surface area (Å²) in [5, 5.41) is 8.40. The molecule has 2 aliphatic rings. The Labute approximate surface area is 105 Å². The number of carbonyl (C=O) groups is 3. The lowest BCUT2D eigenvalue weighted by Crippen LogP contribution is -2.35. The van der Waals surface area contributed by atoms with E-state index in [0.717, 1.165) is 12.8 Å². The highest BCUT2D eigenvalue weighted by Crippen LogP contribution is 2.42. The summed E-state index contributed by atoms with van der Waals surface area (Å²) >= 11 is 0. The lowest BCUT2D eigenvalue weighted by Gasteiger charge is -2.16. The van der Waals surface area contributed by atoms with Crippen molar-refractivity contribution in [1.82, 2.24) is 4.90 Å². The number of hydrogen-bond donors (Lipinski definition) is 1. The first-order valence-electron chi connectivity index (χ1n) is 6.15. The van der Waals surface area contributed by atoms with Crippen molar-refractivity contribution in [1.29, 1.82) is 0 Å². The summed E-state index contributed by atoms with van der Waals surface area (Å²) in [7, 11) is 0. The van der Waals surface area contributed by atoms with Gasteiger partial charge in [0.2, 0.25) is 11.8 Å². The lowest BCUT2D eigenvalue weighted by atomic mass is 10.00. The zero-order valence-electron chi connectivity index (χ0n) is 10.3. The van der Waals surface area contributed by atoms with Crippen molar-refractivity contribution in [3.63, 3.8) is 0 Å². The van der Waals surface area contributed by atoms with Gasteiger partial charge in [0.05, 0.1) is 25.0 Å². The molecule has 0 bridgehead atoms. The van der Waals surface area contributed by atoms with Crippen molar-refractivity contribution in [2.45, 2.75) is 19.8 Å². The fraction of sp³-hybridized carbons (Fsp3) is 0.750. The van der Waals surface area contributed by atoms with E-state index in [-0.39, 0.29) is 36.8 Å². The van der Waals surface area contributed by atoms with Crippen LogP contribution >= 0.6 is 0 Å². The summed E-state index contributed by atoms with van der Waals surface area (Å²) in [5.41, 5.74) is 0. The molecule has 0 spiro atoms. The van der Waals surface area contributed by atoms with Crippen LogP contribution in [0.4, 0.5) is 0 Å². The van der Waals surface area contributed by atoms with Gasteiger partial charge < -0.3 is 9.84 Å². The summed E-state index contributed by atoms with van der Waals surface area (Å²) in [6, 6.07) is 0. The Morgan fingerprint density at radius 2 is 1.89 bits per heavy atom. The van der Waals surface area contributed by atoms with Crippen LogP contribution in [0.25, 0.3) is 0 Å². The highest BCUT2D eigenvalue weighted by atomic mass is 16.5. The van der Waals surface area contributed by atoms with E-state index in [1.165, 1.54) is 4.90 Å². The number of rotatable bonds is 5. The Kier molecular flexibility index (Phi) is 3.65. The molecule has 2 amide bonds. The summed E-state index contributed by atoms with van der Waals surface area (Å²) in [4.78, 5) is 35.5. The van der Waals surface area contributed by atoms with Crippen LogP contribution in [0.3, 0.4) is 0 Å². The number of amides is 2. The monoisotopic (exact) mass is 255 g/mol. The van der Waals surface area contributed by atoms with E-state index in [9.17, 15) is 14.4 Å². The Hall–Kier alpha value is -1.43. The fourth-order valence-electron chi connectivity index (χ4n) is 2.88. The van der Waals surface area contributed by atoms with Gasteiger partial charge in [-0.2, -0.15) is 0 Å². The predicted octanol–water partition coefficient (Wildman–Crippen LogP) is 0.119. The summed E-state index contributed by atoms with van der Waals surface area (Å²) in [6.07, 6.45) is 1.56. The maximum Gasteiger partial charge on any atom is 0.329 e. The molecule has 6 heteroatoms. The summed E-state index contributed by atoms with van der Waals surface area (Å²) in [5.74, 6) is -1.18. The van der Waals surface area contributed by atoms with Crippen molar-refractivity contribution in [3.8, 4) is 0 Å². The molecule has 1 heterocycles. The standard InChI is InChI=1S/C12H17NO5/c1-7-4-8-9(5-7)12(17)13(11(8)16)2-3-18-6-10(14)15/h7-9H,2-6H2,1H3,(H,14,15). The first-order chi connectivity index (χ1) is 8.50. The second kappa shape index (κ2) is 5.06. The van der Waals surface area contributed by atoms with Crippen molar-refractivity contribution in [2.24, 2.45) is 17.8 Å². The number of aliphatic carboxylic acids is 1. The van der Waals surface area contributed by atoms with Crippen molar-refractivity contribution in [3.05, 3.63) is 0 Å². The zero-order chi connectivity index (χ0) is 13.3. The third-order valence-electron chi connectivity index (χ3n) is 3.65. The SMILES string of the molecule is CC1CC2C(=O)N(CCOCC(=O)O)C(=O)C2C1. The van der Waals surface area contributed by atoms with E-state index in [1.807, 2.05) is 0 Å². The topological polar surface area (TPSA) is 83.9 Å². The molecule has 1 aliphatic heterocycles. The van der Waals surface area contributed by atoms with Crippen LogP contribution in [0.1, 0.15) is 19.8 Å². The quantitative estimate of drug-likeness (QED) is 0.557. The maximum atomic E-state index is 12.0. The fourth-order valence-corrected chi connectivity index (χ4v) is 2.88. The Morgan fingerprint density at radius 1 is 1.33 bits per heavy atom. The van der Waals surface area contributed by atoms with E-state index in [4.69, 9.17) is 9.84 Å². The number of ether oxygens (including phenoxy) is 1. The van der Waals surface area contributed by atoms with Gasteiger partial charge in [0.25, 0.3) is 0 Å². The van der Waals surface area contributed by atoms with Gasteiger partial charge in [-0.05, 0) is 18.8 Å². The van der Waals surface area contributed by atoms with Crippen molar-refractivity contribution in [2.75, 3.05) is 19.8 Å². The zero-order valence-corrected chi connectivity index (χ0v) is 10.3. The van der Waals surface area contributed by atoms with Gasteiger partial charge in [-0.25, -0.2) is 4.79 Å². The van der Waals surface area contributed by atoms with E-state index in [1.54, 1.807) is 0 Å². The number of carboxylic acid groups (broad SMARTS) is 1. The molecule has 1 aliphatic carbocycles. The molecule has 2 atom stereocenters. The van der Waals surface area contributed by atoms with Crippen LogP contribution in [0, 0.1) is 17.8 Å². The second-order valence-corrected chi connectivity index (χ2v) is 5.06. The van der Waals surface area contributed by atoms with Gasteiger partial charge >= 0.3 is 5.97 Å². The van der Waals surface area contributed by atoms with Gasteiger partial charge in [-0.15, -0.1) is 0 Å². The molecular formula is C12H17NO5. The Morgan fingerprint density at radius 3 is 2.39 bits per heavy atom. The van der Waals surface area contributed by atoms with Crippen LogP contribution in [-0.4, -0.2) is 47.5 Å². The minimum absolute atomic E-state index is 0.0821. The molecule has 100 valence electrons. The molecule has 2 rings (SSSR count). The number of carbonyl (C=O) groups excluding carboxylic acids is 2. The molecule has 1 saturated carbocycles. The Balaban J connectivity index is 1.86. The number of likely N-dealkylation sites (tertiary alicyclic amines) is 1. The van der Waals surface area contributed by atoms with Gasteiger partial charge in [-0.1, -0.05) is 6.92 Å². The average Bonchev–Trinajstić information content (AvgIpc) is 2.77. The molecule has 2 unspecified atom stereocenters. The van der Waals surface area contributed by atoms with Gasteiger partial charge in [-0.3, -0.25) is 14.5 Å². The highest BCUT2D eigenvalue weighted by Gasteiger charge is 2.51. The average molecular weight is 255 g/mol. The van der Waals surface area contributed by atoms with E-state index >= 15 is 0 Å². The normalized spacial score (nSPS) is 30.9. The molecule has 0 aromatic heterocycles. The molecule has 1 saturated heterocycles. The van der Waals surface area contributed by atoms with Crippen LogP contribution in [0.5, 0.6) is 0 Å². The van der Waals surface area contributed by atoms with E-state index in [0.29, 0.717) is 5.92 Å². The molecule has 0 radical (unpaired) electrons. The van der Waals surface area contributed by atoms with Crippen LogP contribution < -0.4 is 0 Å². The Bertz CT molecular complexity index is 357. The maximum absolute atomic E-state index is 12.0. The van der Waals surface area contributed by atoms with Gasteiger partial charge in [0, 0.05) is 0 Å². The predicted molar refractivity (Wildman–Crippen MR) is 60.6 cm³/mol. The number of nitrogens with zero attached hydrogens (tertiary/aromatic N) is 1. The lowest BCUT2D eigenvalue weighted by molar-refractivity contribution is -0.143. The number of fused-ring (bicyclic) bond motifs is 1. The molecular weight excluding hydrogens is 238 g/mol. The minimum atomic E-state index is -1.06. The molecule has 0 aromatic carbocycles. The third kappa shape index (κ3) is 2.38. The third-order valence-corrected chi connectivity index (χ3v) is 3.65. The minimum Gasteiger partial charge on any atom is -0.480 e. The largest absolute Gasteiger partial charge is 0.480 e.